The highest BCUT2D eigenvalue weighted by molar-refractivity contribution is 9.10. The van der Waals surface area contributed by atoms with Gasteiger partial charge in [-0.25, -0.2) is 4.98 Å². The molecule has 2 heterocycles. The molecule has 4 heteroatoms. The van der Waals surface area contributed by atoms with E-state index in [9.17, 15) is 4.79 Å². The molecule has 2 rings (SSSR count). The Bertz CT molecular complexity index is 308. The number of hydrogen-bond acceptors (Lipinski definition) is 2. The SMILES string of the molecule is O=CC1CCn2cnc(Br)c2C1. The first-order valence-corrected chi connectivity index (χ1v) is 4.75. The second kappa shape index (κ2) is 3.01. The minimum atomic E-state index is 0.186. The number of aromatic nitrogens is 2. The standard InChI is InChI=1S/C8H9BrN2O/c9-8-7-3-6(4-12)1-2-11(7)5-10-8/h4-6H,1-3H2. The summed E-state index contributed by atoms with van der Waals surface area (Å²) in [7, 11) is 0. The summed E-state index contributed by atoms with van der Waals surface area (Å²) in [6.45, 7) is 0.914. The van der Waals surface area contributed by atoms with Crippen LogP contribution >= 0.6 is 15.9 Å². The Morgan fingerprint density at radius 2 is 2.58 bits per heavy atom. The molecule has 1 aromatic rings. The summed E-state index contributed by atoms with van der Waals surface area (Å²) in [5.74, 6) is 0.186. The van der Waals surface area contributed by atoms with Gasteiger partial charge in [-0.3, -0.25) is 0 Å². The lowest BCUT2D eigenvalue weighted by Gasteiger charge is -2.19. The second-order valence-electron chi connectivity index (χ2n) is 3.06. The minimum Gasteiger partial charge on any atom is -0.333 e. The van der Waals surface area contributed by atoms with Gasteiger partial charge in [-0.1, -0.05) is 0 Å². The molecule has 0 aliphatic carbocycles. The van der Waals surface area contributed by atoms with Gasteiger partial charge < -0.3 is 9.36 Å². The predicted octanol–water partition coefficient (Wildman–Crippen LogP) is 1.41. The molecule has 0 radical (unpaired) electrons. The molecule has 1 atom stereocenters. The monoisotopic (exact) mass is 228 g/mol. The Morgan fingerprint density at radius 1 is 1.75 bits per heavy atom. The van der Waals surface area contributed by atoms with Crippen LogP contribution < -0.4 is 0 Å². The van der Waals surface area contributed by atoms with Crippen LogP contribution in [0.25, 0.3) is 0 Å². The maximum atomic E-state index is 10.6. The van der Waals surface area contributed by atoms with Gasteiger partial charge in [0.05, 0.1) is 12.0 Å². The molecule has 0 bridgehead atoms. The van der Waals surface area contributed by atoms with E-state index >= 15 is 0 Å². The van der Waals surface area contributed by atoms with Gasteiger partial charge in [0, 0.05) is 12.5 Å². The highest BCUT2D eigenvalue weighted by Gasteiger charge is 2.20. The fourth-order valence-electron chi connectivity index (χ4n) is 1.55. The summed E-state index contributed by atoms with van der Waals surface area (Å²) < 4.78 is 2.98. The number of imidazole rings is 1. The van der Waals surface area contributed by atoms with Crippen LogP contribution in [0.1, 0.15) is 12.1 Å². The van der Waals surface area contributed by atoms with E-state index in [1.165, 1.54) is 0 Å². The fraction of sp³-hybridized carbons (Fsp3) is 0.500. The molecule has 1 aromatic heterocycles. The lowest BCUT2D eigenvalue weighted by atomic mass is 9.98. The largest absolute Gasteiger partial charge is 0.333 e. The van der Waals surface area contributed by atoms with Crippen LogP contribution in [-0.2, 0) is 17.8 Å². The summed E-state index contributed by atoms with van der Waals surface area (Å²) in [5.41, 5.74) is 1.15. The first-order chi connectivity index (χ1) is 5.81. The number of carbonyl (C=O) groups is 1. The number of aryl methyl sites for hydroxylation is 1. The molecule has 1 aliphatic heterocycles. The third-order valence-electron chi connectivity index (χ3n) is 2.28. The van der Waals surface area contributed by atoms with Gasteiger partial charge in [-0.2, -0.15) is 0 Å². The Balaban J connectivity index is 2.31. The summed E-state index contributed by atoms with van der Waals surface area (Å²) in [5, 5.41) is 0. The van der Waals surface area contributed by atoms with Crippen LogP contribution in [0.15, 0.2) is 10.9 Å². The Kier molecular flexibility index (Phi) is 2.00. The van der Waals surface area contributed by atoms with Crippen molar-refractivity contribution in [3.05, 3.63) is 16.6 Å². The van der Waals surface area contributed by atoms with E-state index in [2.05, 4.69) is 25.5 Å². The lowest BCUT2D eigenvalue weighted by molar-refractivity contribution is -0.111. The van der Waals surface area contributed by atoms with E-state index in [0.29, 0.717) is 0 Å². The average molecular weight is 229 g/mol. The van der Waals surface area contributed by atoms with Crippen molar-refractivity contribution in [2.75, 3.05) is 0 Å². The smallest absolute Gasteiger partial charge is 0.127 e. The van der Waals surface area contributed by atoms with E-state index in [4.69, 9.17) is 0 Å². The van der Waals surface area contributed by atoms with Gasteiger partial charge in [0.25, 0.3) is 0 Å². The molecule has 0 fully saturated rings. The molecule has 0 saturated carbocycles. The van der Waals surface area contributed by atoms with Crippen LogP contribution in [0.2, 0.25) is 0 Å². The van der Waals surface area contributed by atoms with Crippen LogP contribution in [0.5, 0.6) is 0 Å². The molecule has 0 amide bonds. The highest BCUT2D eigenvalue weighted by atomic mass is 79.9. The maximum absolute atomic E-state index is 10.6. The number of hydrogen-bond donors (Lipinski definition) is 0. The summed E-state index contributed by atoms with van der Waals surface area (Å²) in [4.78, 5) is 14.7. The summed E-state index contributed by atoms with van der Waals surface area (Å²) in [6.07, 6.45) is 4.63. The first-order valence-electron chi connectivity index (χ1n) is 3.96. The second-order valence-corrected chi connectivity index (χ2v) is 3.82. The molecule has 0 spiro atoms. The third-order valence-corrected chi connectivity index (χ3v) is 2.95. The van der Waals surface area contributed by atoms with Crippen LogP contribution in [0, 0.1) is 5.92 Å². The normalized spacial score (nSPS) is 21.9. The summed E-state index contributed by atoms with van der Waals surface area (Å²) in [6, 6.07) is 0. The first kappa shape index (κ1) is 7.98. The zero-order valence-electron chi connectivity index (χ0n) is 6.53. The topological polar surface area (TPSA) is 34.9 Å². The molecular weight excluding hydrogens is 220 g/mol. The predicted molar refractivity (Wildman–Crippen MR) is 47.8 cm³/mol. The zero-order chi connectivity index (χ0) is 8.55. The Labute approximate surface area is 78.9 Å². The van der Waals surface area contributed by atoms with Crippen molar-refractivity contribution in [2.24, 2.45) is 5.92 Å². The van der Waals surface area contributed by atoms with E-state index in [-0.39, 0.29) is 5.92 Å². The Morgan fingerprint density at radius 3 is 3.33 bits per heavy atom. The van der Waals surface area contributed by atoms with Gasteiger partial charge in [-0.15, -0.1) is 0 Å². The quantitative estimate of drug-likeness (QED) is 0.682. The molecule has 1 aliphatic rings. The third kappa shape index (κ3) is 1.20. The molecule has 64 valence electrons. The van der Waals surface area contributed by atoms with Crippen molar-refractivity contribution in [3.8, 4) is 0 Å². The molecule has 0 aromatic carbocycles. The fourth-order valence-corrected chi connectivity index (χ4v) is 2.03. The van der Waals surface area contributed by atoms with E-state index in [0.717, 1.165) is 36.0 Å². The molecule has 3 nitrogen and oxygen atoms in total. The van der Waals surface area contributed by atoms with Crippen molar-refractivity contribution in [1.82, 2.24) is 9.55 Å². The van der Waals surface area contributed by atoms with Crippen molar-refractivity contribution < 1.29 is 4.79 Å². The number of rotatable bonds is 1. The molecule has 1 unspecified atom stereocenters. The number of fused-ring (bicyclic) bond motifs is 1. The van der Waals surface area contributed by atoms with Crippen molar-refractivity contribution in [3.63, 3.8) is 0 Å². The number of nitrogens with zero attached hydrogens (tertiary/aromatic N) is 2. The zero-order valence-corrected chi connectivity index (χ0v) is 8.12. The van der Waals surface area contributed by atoms with Gasteiger partial charge in [0.1, 0.15) is 10.9 Å². The maximum Gasteiger partial charge on any atom is 0.127 e. The van der Waals surface area contributed by atoms with Crippen molar-refractivity contribution >= 4 is 22.2 Å². The molecule has 0 saturated heterocycles. The lowest BCUT2D eigenvalue weighted by Crippen LogP contribution is -2.19. The van der Waals surface area contributed by atoms with Crippen LogP contribution in [-0.4, -0.2) is 15.8 Å². The summed E-state index contributed by atoms with van der Waals surface area (Å²) >= 11 is 3.36. The number of carbonyl (C=O) groups excluding carboxylic acids is 1. The van der Waals surface area contributed by atoms with E-state index < -0.39 is 0 Å². The van der Waals surface area contributed by atoms with E-state index in [1.807, 2.05) is 6.33 Å². The molecule has 0 N–H and O–H groups in total. The number of aldehydes is 1. The van der Waals surface area contributed by atoms with Crippen molar-refractivity contribution in [1.29, 1.82) is 0 Å². The van der Waals surface area contributed by atoms with Gasteiger partial charge >= 0.3 is 0 Å². The van der Waals surface area contributed by atoms with Crippen LogP contribution in [0.4, 0.5) is 0 Å². The van der Waals surface area contributed by atoms with E-state index in [1.54, 1.807) is 0 Å². The molecular formula is C8H9BrN2O. The van der Waals surface area contributed by atoms with Gasteiger partial charge in [-0.05, 0) is 28.8 Å². The number of halogens is 1. The van der Waals surface area contributed by atoms with Crippen molar-refractivity contribution in [2.45, 2.75) is 19.4 Å². The minimum absolute atomic E-state index is 0.186. The van der Waals surface area contributed by atoms with Gasteiger partial charge in [0.15, 0.2) is 0 Å². The highest BCUT2D eigenvalue weighted by Crippen LogP contribution is 2.24. The average Bonchev–Trinajstić information content (AvgIpc) is 2.47. The van der Waals surface area contributed by atoms with Crippen LogP contribution in [0.3, 0.4) is 0 Å². The Hall–Kier alpha value is -0.640. The van der Waals surface area contributed by atoms with Gasteiger partial charge in [0.2, 0.25) is 0 Å². The molecule has 12 heavy (non-hydrogen) atoms.